The molecule has 0 unspecified atom stereocenters. The second-order valence-electron chi connectivity index (χ2n) is 7.37. The number of carbonyl (C=O) groups is 1. The number of rotatable bonds is 20. The Bertz CT molecular complexity index is 491. The van der Waals surface area contributed by atoms with Crippen LogP contribution in [0.3, 0.4) is 0 Å². The molecule has 0 aromatic rings. The van der Waals surface area contributed by atoms with Gasteiger partial charge in [0.15, 0.2) is 0 Å². The average Bonchev–Trinajstić information content (AvgIpc) is 2.64. The van der Waals surface area contributed by atoms with Gasteiger partial charge in [0.25, 0.3) is 0 Å². The van der Waals surface area contributed by atoms with Crippen molar-refractivity contribution in [2.24, 2.45) is 0 Å². The Morgan fingerprint density at radius 1 is 0.724 bits per heavy atom. The van der Waals surface area contributed by atoms with Crippen LogP contribution in [0.4, 0.5) is 0 Å². The molecule has 7 heteroatoms. The normalized spacial score (nSPS) is 11.5. The van der Waals surface area contributed by atoms with Crippen LogP contribution in [0.1, 0.15) is 117 Å². The molecule has 0 aliphatic rings. The van der Waals surface area contributed by atoms with E-state index in [1.807, 2.05) is 6.92 Å². The molecule has 0 bridgehead atoms. The molecular formula is C22H43NaO5S. The molecule has 0 aromatic carbocycles. The van der Waals surface area contributed by atoms with Crippen molar-refractivity contribution in [3.8, 4) is 0 Å². The van der Waals surface area contributed by atoms with Crippen molar-refractivity contribution in [3.05, 3.63) is 12.2 Å². The molecule has 0 atom stereocenters. The molecule has 0 radical (unpaired) electrons. The van der Waals surface area contributed by atoms with Gasteiger partial charge in [0.1, 0.15) is 0 Å². The Morgan fingerprint density at radius 3 is 1.76 bits per heavy atom. The van der Waals surface area contributed by atoms with E-state index < -0.39 is 16.4 Å². The number of unbranched alkanes of at least 4 members (excludes halogenated alkanes) is 12. The van der Waals surface area contributed by atoms with Gasteiger partial charge in [-0.2, -0.15) is 8.42 Å². The molecule has 5 nitrogen and oxygen atoms in total. The first-order valence-electron chi connectivity index (χ1n) is 11.3. The summed E-state index contributed by atoms with van der Waals surface area (Å²) in [4.78, 5) is 11.5. The summed E-state index contributed by atoms with van der Waals surface area (Å²) in [6.45, 7) is 4.23. The van der Waals surface area contributed by atoms with Crippen LogP contribution in [-0.4, -0.2) is 50.6 Å². The van der Waals surface area contributed by atoms with Gasteiger partial charge in [-0.25, -0.2) is 4.18 Å². The van der Waals surface area contributed by atoms with Gasteiger partial charge in [0.2, 0.25) is 0 Å². The van der Waals surface area contributed by atoms with Gasteiger partial charge >= 0.3 is 45.9 Å². The fraction of sp³-hybridized carbons (Fsp3) is 0.864. The molecule has 0 spiro atoms. The molecule has 0 aliphatic heterocycles. The molecule has 168 valence electrons. The van der Waals surface area contributed by atoms with Crippen molar-refractivity contribution in [1.82, 2.24) is 0 Å². The maximum absolute atomic E-state index is 11.5. The standard InChI is InChI=1S/C22H42O5S.Na.H/c1-3-5-7-8-9-10-11-12-13-14-15-16-17-18-19-20-22(23)27-28(24,25)26-21-6-4-2;;/h12-13H,3-11,14-21H2,1-2H3;;/b13-12-;;. The van der Waals surface area contributed by atoms with Gasteiger partial charge in [0, 0.05) is 6.42 Å². The van der Waals surface area contributed by atoms with Crippen LogP contribution in [-0.2, 0) is 23.6 Å². The first kappa shape index (κ1) is 31.3. The summed E-state index contributed by atoms with van der Waals surface area (Å²) in [6, 6.07) is 0. The molecule has 0 amide bonds. The molecule has 0 rings (SSSR count). The number of hydrogen-bond acceptors (Lipinski definition) is 5. The van der Waals surface area contributed by atoms with E-state index in [1.54, 1.807) is 0 Å². The Labute approximate surface area is 202 Å². The summed E-state index contributed by atoms with van der Waals surface area (Å²) in [5.74, 6) is -0.728. The van der Waals surface area contributed by atoms with Crippen LogP contribution in [0, 0.1) is 0 Å². The summed E-state index contributed by atoms with van der Waals surface area (Å²) in [7, 11) is -4.18. The van der Waals surface area contributed by atoms with E-state index in [-0.39, 0.29) is 42.6 Å². The second kappa shape index (κ2) is 22.8. The second-order valence-corrected chi connectivity index (χ2v) is 8.59. The van der Waals surface area contributed by atoms with Crippen molar-refractivity contribution in [1.29, 1.82) is 0 Å². The van der Waals surface area contributed by atoms with Gasteiger partial charge in [-0.1, -0.05) is 83.8 Å². The van der Waals surface area contributed by atoms with E-state index in [9.17, 15) is 13.2 Å². The topological polar surface area (TPSA) is 69.7 Å². The predicted molar refractivity (Wildman–Crippen MR) is 122 cm³/mol. The van der Waals surface area contributed by atoms with Crippen LogP contribution < -0.4 is 0 Å². The van der Waals surface area contributed by atoms with Gasteiger partial charge in [-0.05, 0) is 38.5 Å². The van der Waals surface area contributed by atoms with Crippen molar-refractivity contribution in [2.75, 3.05) is 6.61 Å². The first-order chi connectivity index (χ1) is 13.5. The number of allylic oxidation sites excluding steroid dienone is 2. The monoisotopic (exact) mass is 442 g/mol. The van der Waals surface area contributed by atoms with Gasteiger partial charge in [-0.3, -0.25) is 4.79 Å². The molecule has 29 heavy (non-hydrogen) atoms. The van der Waals surface area contributed by atoms with Crippen LogP contribution in [0.2, 0.25) is 0 Å². The average molecular weight is 443 g/mol. The zero-order valence-electron chi connectivity index (χ0n) is 18.1. The number of hydrogen-bond donors (Lipinski definition) is 0. The molecule has 0 aromatic heterocycles. The van der Waals surface area contributed by atoms with Crippen molar-refractivity contribution in [2.45, 2.75) is 117 Å². The van der Waals surface area contributed by atoms with Crippen molar-refractivity contribution >= 4 is 45.9 Å². The van der Waals surface area contributed by atoms with E-state index in [0.717, 1.165) is 38.5 Å². The Balaban J connectivity index is 0. The van der Waals surface area contributed by atoms with Crippen LogP contribution in [0.15, 0.2) is 12.2 Å². The molecule has 0 N–H and O–H groups in total. The van der Waals surface area contributed by atoms with E-state index in [4.69, 9.17) is 0 Å². The van der Waals surface area contributed by atoms with Gasteiger partial charge in [0.05, 0.1) is 6.61 Å². The molecule has 0 heterocycles. The van der Waals surface area contributed by atoms with Crippen LogP contribution in [0.5, 0.6) is 0 Å². The molecule has 0 fully saturated rings. The first-order valence-corrected chi connectivity index (χ1v) is 12.6. The quantitative estimate of drug-likeness (QED) is 0.132. The summed E-state index contributed by atoms with van der Waals surface area (Å²) < 4.78 is 31.8. The Kier molecular flexibility index (Phi) is 24.6. The van der Waals surface area contributed by atoms with Gasteiger partial charge in [-0.15, -0.1) is 0 Å². The third-order valence-corrected chi connectivity index (χ3v) is 5.41. The zero-order valence-corrected chi connectivity index (χ0v) is 18.9. The number of carbonyl (C=O) groups excluding carboxylic acids is 1. The maximum atomic E-state index is 11.5. The third-order valence-electron chi connectivity index (χ3n) is 4.56. The Hall–Kier alpha value is 0.120. The van der Waals surface area contributed by atoms with E-state index in [0.29, 0.717) is 12.8 Å². The Morgan fingerprint density at radius 2 is 1.21 bits per heavy atom. The van der Waals surface area contributed by atoms with Crippen molar-refractivity contribution < 1.29 is 21.6 Å². The van der Waals surface area contributed by atoms with Crippen LogP contribution in [0.25, 0.3) is 0 Å². The predicted octanol–water partition coefficient (Wildman–Crippen LogP) is 5.98. The van der Waals surface area contributed by atoms with E-state index in [1.165, 1.54) is 44.9 Å². The van der Waals surface area contributed by atoms with Crippen LogP contribution >= 0.6 is 0 Å². The van der Waals surface area contributed by atoms with E-state index >= 15 is 0 Å². The SMILES string of the molecule is CCCCCCCC/C=C\CCCCCCCC(=O)OS(=O)(=O)OCCCC.[NaH]. The summed E-state index contributed by atoms with van der Waals surface area (Å²) in [5.41, 5.74) is 0. The molecular weight excluding hydrogens is 399 g/mol. The summed E-state index contributed by atoms with van der Waals surface area (Å²) in [6.07, 6.45) is 21.4. The van der Waals surface area contributed by atoms with Gasteiger partial charge < -0.3 is 4.18 Å². The minimum absolute atomic E-state index is 0. The fourth-order valence-corrected chi connectivity index (χ4v) is 3.51. The third kappa shape index (κ3) is 24.3. The zero-order chi connectivity index (χ0) is 20.9. The molecule has 0 saturated heterocycles. The minimum atomic E-state index is -4.18. The molecule has 0 aliphatic carbocycles. The summed E-state index contributed by atoms with van der Waals surface area (Å²) in [5, 5.41) is 0. The molecule has 0 saturated carbocycles. The summed E-state index contributed by atoms with van der Waals surface area (Å²) >= 11 is 0. The van der Waals surface area contributed by atoms with E-state index in [2.05, 4.69) is 27.4 Å². The van der Waals surface area contributed by atoms with Crippen molar-refractivity contribution in [3.63, 3.8) is 0 Å². The fourth-order valence-electron chi connectivity index (χ4n) is 2.82.